The maximum Gasteiger partial charge on any atom is 0.258 e. The Morgan fingerprint density at radius 1 is 1.17 bits per heavy atom. The van der Waals surface area contributed by atoms with Gasteiger partial charge in [0.05, 0.1) is 0 Å². The van der Waals surface area contributed by atoms with Gasteiger partial charge in [0, 0.05) is 46.6 Å². The number of amides is 1. The molecular weight excluding hydrogens is 322 g/mol. The molecule has 5 heteroatoms. The highest BCUT2D eigenvalue weighted by atomic mass is 35.5. The van der Waals surface area contributed by atoms with Crippen LogP contribution in [0.25, 0.3) is 10.8 Å². The lowest BCUT2D eigenvalue weighted by molar-refractivity contribution is 0.0984. The third-order valence-electron chi connectivity index (χ3n) is 4.48. The summed E-state index contributed by atoms with van der Waals surface area (Å²) in [6, 6.07) is 13.0. The molecule has 0 saturated heterocycles. The molecule has 1 amide bonds. The van der Waals surface area contributed by atoms with E-state index in [9.17, 15) is 4.79 Å². The number of carbonyl (C=O) groups is 1. The Balaban J connectivity index is 1.75. The van der Waals surface area contributed by atoms with Crippen LogP contribution >= 0.6 is 11.6 Å². The van der Waals surface area contributed by atoms with Crippen molar-refractivity contribution in [3.8, 4) is 0 Å². The number of pyridine rings is 1. The maximum atomic E-state index is 13.0. The first-order chi connectivity index (χ1) is 11.6. The Labute approximate surface area is 144 Å². The van der Waals surface area contributed by atoms with Gasteiger partial charge in [-0.15, -0.1) is 0 Å². The van der Waals surface area contributed by atoms with Gasteiger partial charge < -0.3 is 10.6 Å². The average molecular weight is 338 g/mol. The summed E-state index contributed by atoms with van der Waals surface area (Å²) in [6.07, 6.45) is 4.24. The summed E-state index contributed by atoms with van der Waals surface area (Å²) in [5, 5.41) is 2.65. The molecule has 0 spiro atoms. The lowest BCUT2D eigenvalue weighted by Crippen LogP contribution is -2.38. The molecule has 1 atom stereocenters. The summed E-state index contributed by atoms with van der Waals surface area (Å²) < 4.78 is 0. The standard InChI is InChI=1S/C19H16ClN3O/c20-15-3-4-18-16(10-15)17(21)6-8-23(18)19(24)13-1-2-14-11-22-7-5-12(14)9-13/h1-5,7,9-11,17H,6,8,21H2. The molecule has 2 N–H and O–H groups in total. The van der Waals surface area contributed by atoms with E-state index in [-0.39, 0.29) is 11.9 Å². The summed E-state index contributed by atoms with van der Waals surface area (Å²) >= 11 is 6.09. The second kappa shape index (κ2) is 5.89. The first-order valence-corrected chi connectivity index (χ1v) is 8.22. The van der Waals surface area contributed by atoms with Crippen LogP contribution in [0.2, 0.25) is 5.02 Å². The fourth-order valence-electron chi connectivity index (χ4n) is 3.20. The van der Waals surface area contributed by atoms with Crippen LogP contribution in [0.1, 0.15) is 28.4 Å². The second-order valence-electron chi connectivity index (χ2n) is 5.99. The fraction of sp³-hybridized carbons (Fsp3) is 0.158. The molecule has 0 saturated carbocycles. The number of nitrogens with two attached hydrogens (primary N) is 1. The van der Waals surface area contributed by atoms with Crippen LogP contribution in [0.5, 0.6) is 0 Å². The Hall–Kier alpha value is -2.43. The summed E-state index contributed by atoms with van der Waals surface area (Å²) in [5.41, 5.74) is 8.61. The van der Waals surface area contributed by atoms with Crippen LogP contribution in [-0.2, 0) is 0 Å². The van der Waals surface area contributed by atoms with Crippen molar-refractivity contribution < 1.29 is 4.79 Å². The number of halogens is 1. The lowest BCUT2D eigenvalue weighted by atomic mass is 9.96. The van der Waals surface area contributed by atoms with Gasteiger partial charge in [-0.2, -0.15) is 0 Å². The van der Waals surface area contributed by atoms with Crippen molar-refractivity contribution in [1.29, 1.82) is 0 Å². The number of fused-ring (bicyclic) bond motifs is 2. The predicted molar refractivity (Wildman–Crippen MR) is 96.4 cm³/mol. The van der Waals surface area contributed by atoms with Gasteiger partial charge in [0.15, 0.2) is 0 Å². The van der Waals surface area contributed by atoms with Crippen molar-refractivity contribution in [3.63, 3.8) is 0 Å². The molecule has 1 aliphatic heterocycles. The minimum atomic E-state index is -0.0922. The first kappa shape index (κ1) is 15.1. The van der Waals surface area contributed by atoms with Crippen LogP contribution in [-0.4, -0.2) is 17.4 Å². The number of rotatable bonds is 1. The van der Waals surface area contributed by atoms with Crippen LogP contribution in [0, 0.1) is 0 Å². The van der Waals surface area contributed by atoms with Gasteiger partial charge in [-0.1, -0.05) is 17.7 Å². The van der Waals surface area contributed by atoms with E-state index in [1.54, 1.807) is 23.4 Å². The summed E-state index contributed by atoms with van der Waals surface area (Å²) in [5.74, 6) is -0.0239. The molecule has 3 aromatic rings. The van der Waals surface area contributed by atoms with Crippen molar-refractivity contribution in [2.45, 2.75) is 12.5 Å². The molecular formula is C19H16ClN3O. The van der Waals surface area contributed by atoms with Crippen molar-refractivity contribution >= 4 is 34.0 Å². The quantitative estimate of drug-likeness (QED) is 0.731. The third-order valence-corrected chi connectivity index (χ3v) is 4.71. The molecule has 1 aliphatic rings. The normalized spacial score (nSPS) is 16.9. The van der Waals surface area contributed by atoms with Gasteiger partial charge in [-0.3, -0.25) is 9.78 Å². The van der Waals surface area contributed by atoms with Crippen LogP contribution < -0.4 is 10.6 Å². The molecule has 120 valence electrons. The van der Waals surface area contributed by atoms with Gasteiger partial charge in [0.2, 0.25) is 0 Å². The monoisotopic (exact) mass is 337 g/mol. The van der Waals surface area contributed by atoms with E-state index in [1.807, 2.05) is 36.4 Å². The molecule has 2 heterocycles. The van der Waals surface area contributed by atoms with E-state index in [1.165, 1.54) is 0 Å². The number of hydrogen-bond donors (Lipinski definition) is 1. The Bertz CT molecular complexity index is 941. The number of benzene rings is 2. The van der Waals surface area contributed by atoms with Crippen molar-refractivity contribution in [2.24, 2.45) is 5.73 Å². The van der Waals surface area contributed by atoms with Gasteiger partial charge in [-0.25, -0.2) is 0 Å². The summed E-state index contributed by atoms with van der Waals surface area (Å²) in [4.78, 5) is 18.9. The lowest BCUT2D eigenvalue weighted by Gasteiger charge is -2.33. The smallest absolute Gasteiger partial charge is 0.258 e. The zero-order valence-electron chi connectivity index (χ0n) is 12.9. The molecule has 1 unspecified atom stereocenters. The summed E-state index contributed by atoms with van der Waals surface area (Å²) in [6.45, 7) is 0.600. The van der Waals surface area contributed by atoms with Crippen LogP contribution in [0.4, 0.5) is 5.69 Å². The van der Waals surface area contributed by atoms with E-state index in [0.717, 1.165) is 28.4 Å². The highest BCUT2D eigenvalue weighted by Crippen LogP contribution is 2.35. The van der Waals surface area contributed by atoms with E-state index in [0.29, 0.717) is 17.1 Å². The zero-order chi connectivity index (χ0) is 16.7. The van der Waals surface area contributed by atoms with E-state index in [4.69, 9.17) is 17.3 Å². The first-order valence-electron chi connectivity index (χ1n) is 7.84. The minimum absolute atomic E-state index is 0.0239. The largest absolute Gasteiger partial charge is 0.324 e. The predicted octanol–water partition coefficient (Wildman–Crippen LogP) is 3.94. The highest BCUT2D eigenvalue weighted by molar-refractivity contribution is 6.30. The van der Waals surface area contributed by atoms with E-state index in [2.05, 4.69) is 4.98 Å². The van der Waals surface area contributed by atoms with Gasteiger partial charge in [-0.05, 0) is 53.8 Å². The van der Waals surface area contributed by atoms with E-state index < -0.39 is 0 Å². The number of aromatic nitrogens is 1. The number of hydrogen-bond acceptors (Lipinski definition) is 3. The topological polar surface area (TPSA) is 59.2 Å². The zero-order valence-corrected chi connectivity index (χ0v) is 13.7. The third kappa shape index (κ3) is 2.54. The Morgan fingerprint density at radius 3 is 2.92 bits per heavy atom. The number of anilines is 1. The Kier molecular flexibility index (Phi) is 3.71. The molecule has 0 radical (unpaired) electrons. The van der Waals surface area contributed by atoms with Gasteiger partial charge in [0.1, 0.15) is 0 Å². The molecule has 1 aromatic heterocycles. The molecule has 4 nitrogen and oxygen atoms in total. The highest BCUT2D eigenvalue weighted by Gasteiger charge is 2.27. The SMILES string of the molecule is NC1CCN(C(=O)c2ccc3cnccc3c2)c2ccc(Cl)cc21. The summed E-state index contributed by atoms with van der Waals surface area (Å²) in [7, 11) is 0. The molecule has 0 bridgehead atoms. The fourth-order valence-corrected chi connectivity index (χ4v) is 3.38. The minimum Gasteiger partial charge on any atom is -0.324 e. The van der Waals surface area contributed by atoms with Crippen LogP contribution in [0.15, 0.2) is 54.9 Å². The second-order valence-corrected chi connectivity index (χ2v) is 6.43. The van der Waals surface area contributed by atoms with E-state index >= 15 is 0 Å². The number of carbonyl (C=O) groups excluding carboxylic acids is 1. The average Bonchev–Trinajstić information content (AvgIpc) is 2.61. The Morgan fingerprint density at radius 2 is 2.04 bits per heavy atom. The van der Waals surface area contributed by atoms with Crippen molar-refractivity contribution in [3.05, 3.63) is 71.0 Å². The number of nitrogens with zero attached hydrogens (tertiary/aromatic N) is 2. The van der Waals surface area contributed by atoms with Gasteiger partial charge >= 0.3 is 0 Å². The molecule has 2 aromatic carbocycles. The molecule has 24 heavy (non-hydrogen) atoms. The van der Waals surface area contributed by atoms with Crippen LogP contribution in [0.3, 0.4) is 0 Å². The van der Waals surface area contributed by atoms with Crippen molar-refractivity contribution in [1.82, 2.24) is 4.98 Å². The maximum absolute atomic E-state index is 13.0. The van der Waals surface area contributed by atoms with Gasteiger partial charge in [0.25, 0.3) is 5.91 Å². The molecule has 0 fully saturated rings. The molecule has 4 rings (SSSR count). The molecule has 0 aliphatic carbocycles. The van der Waals surface area contributed by atoms with Crippen molar-refractivity contribution in [2.75, 3.05) is 11.4 Å².